The lowest BCUT2D eigenvalue weighted by atomic mass is 9.88. The lowest BCUT2D eigenvalue weighted by Crippen LogP contribution is -2.46. The molecule has 3 nitrogen and oxygen atoms in total. The number of methoxy groups -OCH3 is 1. The molecule has 2 atom stereocenters. The molecule has 1 N–H and O–H groups in total. The van der Waals surface area contributed by atoms with Crippen LogP contribution in [0.5, 0.6) is 0 Å². The molecule has 0 saturated heterocycles. The second kappa shape index (κ2) is 7.00. The minimum absolute atomic E-state index is 0.164. The van der Waals surface area contributed by atoms with Gasteiger partial charge in [0, 0.05) is 6.04 Å². The first-order chi connectivity index (χ1) is 7.67. The second-order valence-corrected chi connectivity index (χ2v) is 6.41. The zero-order chi connectivity index (χ0) is 13.6. The maximum Gasteiger partial charge on any atom is 0.323 e. The first-order valence-electron chi connectivity index (χ1n) is 6.51. The van der Waals surface area contributed by atoms with Crippen LogP contribution < -0.4 is 5.32 Å². The fourth-order valence-electron chi connectivity index (χ4n) is 1.70. The zero-order valence-electron chi connectivity index (χ0n) is 12.5. The van der Waals surface area contributed by atoms with Gasteiger partial charge in [0.15, 0.2) is 0 Å². The van der Waals surface area contributed by atoms with Gasteiger partial charge in [-0.2, -0.15) is 0 Å². The molecule has 0 heterocycles. The standard InChI is InChI=1S/C14H29NO2/c1-10(2)12(13(16)17-7)15-11(3)8-9-14(4,5)6/h10-12,15H,8-9H2,1-7H3. The van der Waals surface area contributed by atoms with E-state index < -0.39 is 0 Å². The topological polar surface area (TPSA) is 38.3 Å². The van der Waals surface area contributed by atoms with E-state index in [0.29, 0.717) is 11.5 Å². The molecule has 102 valence electrons. The summed E-state index contributed by atoms with van der Waals surface area (Å²) in [7, 11) is 1.44. The number of esters is 1. The van der Waals surface area contributed by atoms with E-state index in [1.807, 2.05) is 13.8 Å². The third-order valence-electron chi connectivity index (χ3n) is 2.91. The molecule has 0 fully saturated rings. The Morgan fingerprint density at radius 3 is 2.12 bits per heavy atom. The van der Waals surface area contributed by atoms with E-state index >= 15 is 0 Å². The van der Waals surface area contributed by atoms with Crippen molar-refractivity contribution in [2.45, 2.75) is 66.5 Å². The van der Waals surface area contributed by atoms with Crippen molar-refractivity contribution in [1.29, 1.82) is 0 Å². The average molecular weight is 243 g/mol. The van der Waals surface area contributed by atoms with E-state index in [2.05, 4.69) is 33.0 Å². The second-order valence-electron chi connectivity index (χ2n) is 6.41. The number of hydrogen-bond donors (Lipinski definition) is 1. The molecular formula is C14H29NO2. The predicted molar refractivity (Wildman–Crippen MR) is 71.9 cm³/mol. The Hall–Kier alpha value is -0.570. The predicted octanol–water partition coefficient (Wildman–Crippen LogP) is 2.99. The van der Waals surface area contributed by atoms with E-state index in [0.717, 1.165) is 12.8 Å². The van der Waals surface area contributed by atoms with Crippen LogP contribution in [0.15, 0.2) is 0 Å². The third-order valence-corrected chi connectivity index (χ3v) is 2.91. The summed E-state index contributed by atoms with van der Waals surface area (Å²) < 4.78 is 4.82. The van der Waals surface area contributed by atoms with Crippen molar-refractivity contribution in [3.05, 3.63) is 0 Å². The van der Waals surface area contributed by atoms with Gasteiger partial charge in [-0.25, -0.2) is 0 Å². The lowest BCUT2D eigenvalue weighted by Gasteiger charge is -2.26. The molecule has 0 bridgehead atoms. The van der Waals surface area contributed by atoms with Crippen molar-refractivity contribution in [3.63, 3.8) is 0 Å². The van der Waals surface area contributed by atoms with E-state index in [4.69, 9.17) is 4.74 Å². The van der Waals surface area contributed by atoms with Crippen LogP contribution in [0.4, 0.5) is 0 Å². The van der Waals surface area contributed by atoms with Crippen molar-refractivity contribution in [1.82, 2.24) is 5.32 Å². The van der Waals surface area contributed by atoms with Crippen LogP contribution in [0.25, 0.3) is 0 Å². The van der Waals surface area contributed by atoms with Gasteiger partial charge in [-0.05, 0) is 31.1 Å². The van der Waals surface area contributed by atoms with Gasteiger partial charge >= 0.3 is 5.97 Å². The Bertz CT molecular complexity index is 231. The molecule has 3 heteroatoms. The molecule has 2 unspecified atom stereocenters. The van der Waals surface area contributed by atoms with Crippen LogP contribution in [0.1, 0.15) is 54.4 Å². The Balaban J connectivity index is 4.22. The molecule has 0 aromatic carbocycles. The van der Waals surface area contributed by atoms with E-state index in [1.165, 1.54) is 7.11 Å². The highest BCUT2D eigenvalue weighted by molar-refractivity contribution is 5.75. The quantitative estimate of drug-likeness (QED) is 0.729. The maximum absolute atomic E-state index is 11.6. The number of carbonyl (C=O) groups excluding carboxylic acids is 1. The number of carbonyl (C=O) groups is 1. The van der Waals surface area contributed by atoms with Crippen molar-refractivity contribution < 1.29 is 9.53 Å². The number of ether oxygens (including phenoxy) is 1. The van der Waals surface area contributed by atoms with Crippen LogP contribution in [0.3, 0.4) is 0 Å². The van der Waals surface area contributed by atoms with Gasteiger partial charge in [0.05, 0.1) is 7.11 Å². The first kappa shape index (κ1) is 16.4. The molecular weight excluding hydrogens is 214 g/mol. The highest BCUT2D eigenvalue weighted by Crippen LogP contribution is 2.21. The minimum Gasteiger partial charge on any atom is -0.468 e. The molecule has 0 aromatic heterocycles. The first-order valence-corrected chi connectivity index (χ1v) is 6.51. The third kappa shape index (κ3) is 7.37. The monoisotopic (exact) mass is 243 g/mol. The highest BCUT2D eigenvalue weighted by Gasteiger charge is 2.24. The van der Waals surface area contributed by atoms with Crippen LogP contribution >= 0.6 is 0 Å². The molecule has 0 radical (unpaired) electrons. The van der Waals surface area contributed by atoms with Crippen LogP contribution in [0, 0.1) is 11.3 Å². The van der Waals surface area contributed by atoms with Gasteiger partial charge in [-0.1, -0.05) is 34.6 Å². The molecule has 17 heavy (non-hydrogen) atoms. The normalized spacial score (nSPS) is 15.8. The molecule has 0 aliphatic carbocycles. The Morgan fingerprint density at radius 2 is 1.76 bits per heavy atom. The van der Waals surface area contributed by atoms with Gasteiger partial charge < -0.3 is 10.1 Å². The van der Waals surface area contributed by atoms with Crippen molar-refractivity contribution in [2.24, 2.45) is 11.3 Å². The molecule has 0 spiro atoms. The van der Waals surface area contributed by atoms with E-state index in [9.17, 15) is 4.79 Å². The van der Waals surface area contributed by atoms with Gasteiger partial charge in [-0.15, -0.1) is 0 Å². The van der Waals surface area contributed by atoms with Gasteiger partial charge in [-0.3, -0.25) is 4.79 Å². The Labute approximate surface area is 106 Å². The largest absolute Gasteiger partial charge is 0.468 e. The number of hydrogen-bond acceptors (Lipinski definition) is 3. The summed E-state index contributed by atoms with van der Waals surface area (Å²) in [6, 6.07) is 0.135. The van der Waals surface area contributed by atoms with Gasteiger partial charge in [0.2, 0.25) is 0 Å². The summed E-state index contributed by atoms with van der Waals surface area (Å²) >= 11 is 0. The van der Waals surface area contributed by atoms with E-state index in [1.54, 1.807) is 0 Å². The summed E-state index contributed by atoms with van der Waals surface area (Å²) in [5, 5.41) is 3.37. The van der Waals surface area contributed by atoms with Gasteiger partial charge in [0.25, 0.3) is 0 Å². The lowest BCUT2D eigenvalue weighted by molar-refractivity contribution is -0.144. The molecule has 0 aliphatic rings. The summed E-state index contributed by atoms with van der Waals surface area (Å²) in [6.45, 7) is 12.9. The van der Waals surface area contributed by atoms with Crippen LogP contribution in [0.2, 0.25) is 0 Å². The Morgan fingerprint density at radius 1 is 1.24 bits per heavy atom. The average Bonchev–Trinajstić information content (AvgIpc) is 2.20. The van der Waals surface area contributed by atoms with Crippen molar-refractivity contribution in [2.75, 3.05) is 7.11 Å². The fourth-order valence-corrected chi connectivity index (χ4v) is 1.70. The maximum atomic E-state index is 11.6. The molecule has 0 aromatic rings. The summed E-state index contributed by atoms with van der Waals surface area (Å²) in [4.78, 5) is 11.6. The van der Waals surface area contributed by atoms with Crippen LogP contribution in [-0.4, -0.2) is 25.2 Å². The molecule has 0 aliphatic heterocycles. The number of rotatable bonds is 6. The van der Waals surface area contributed by atoms with Gasteiger partial charge in [0.1, 0.15) is 6.04 Å². The SMILES string of the molecule is COC(=O)C(NC(C)CCC(C)(C)C)C(C)C. The Kier molecular flexibility index (Phi) is 6.76. The van der Waals surface area contributed by atoms with Crippen molar-refractivity contribution >= 4 is 5.97 Å². The van der Waals surface area contributed by atoms with Crippen molar-refractivity contribution in [3.8, 4) is 0 Å². The van der Waals surface area contributed by atoms with Crippen LogP contribution in [-0.2, 0) is 9.53 Å². The highest BCUT2D eigenvalue weighted by atomic mass is 16.5. The summed E-state index contributed by atoms with van der Waals surface area (Å²) in [5.74, 6) is 0.0853. The van der Waals surface area contributed by atoms with E-state index in [-0.39, 0.29) is 17.9 Å². The summed E-state index contributed by atoms with van der Waals surface area (Å²) in [6.07, 6.45) is 2.22. The summed E-state index contributed by atoms with van der Waals surface area (Å²) in [5.41, 5.74) is 0.342. The zero-order valence-corrected chi connectivity index (χ0v) is 12.5. The molecule has 0 saturated carbocycles. The molecule has 0 rings (SSSR count). The number of nitrogens with one attached hydrogen (secondary N) is 1. The fraction of sp³-hybridized carbons (Fsp3) is 0.929. The molecule has 0 amide bonds. The smallest absolute Gasteiger partial charge is 0.323 e. The minimum atomic E-state index is -0.199.